The number of nitrogens with zero attached hydrogens (tertiary/aromatic N) is 2. The van der Waals surface area contributed by atoms with Crippen LogP contribution in [-0.4, -0.2) is 73.1 Å². The minimum atomic E-state index is -1.63. The molecule has 1 aliphatic rings. The molecule has 2 aromatic carbocycles. The molecule has 0 radical (unpaired) electrons. The number of hydrogen-bond acceptors (Lipinski definition) is 7. The van der Waals surface area contributed by atoms with Crippen LogP contribution in [0.2, 0.25) is 10.0 Å². The Morgan fingerprint density at radius 2 is 1.84 bits per heavy atom. The molecule has 11 heteroatoms. The van der Waals surface area contributed by atoms with Gasteiger partial charge in [-0.05, 0) is 35.4 Å². The SMILES string of the molecule is O=C(N[C@H]1C(O)O[C@H](CO)[C@@H](O)[C@@H]1O)c1cn(Cc2ccc(Cl)c(Cl)c2)c2cc(-c3cccnc3)ccc12. The minimum absolute atomic E-state index is 0.288. The third-order valence-corrected chi connectivity index (χ3v) is 7.40. The summed E-state index contributed by atoms with van der Waals surface area (Å²) in [7, 11) is 0. The zero-order chi connectivity index (χ0) is 27.0. The lowest BCUT2D eigenvalue weighted by Crippen LogP contribution is -2.64. The lowest BCUT2D eigenvalue weighted by atomic mass is 9.96. The van der Waals surface area contributed by atoms with Crippen molar-refractivity contribution in [3.05, 3.63) is 88.3 Å². The van der Waals surface area contributed by atoms with E-state index < -0.39 is 43.2 Å². The van der Waals surface area contributed by atoms with E-state index in [4.69, 9.17) is 27.9 Å². The second-order valence-corrected chi connectivity index (χ2v) is 9.94. The number of aliphatic hydroxyl groups is 4. The lowest BCUT2D eigenvalue weighted by molar-refractivity contribution is -0.252. The van der Waals surface area contributed by atoms with Gasteiger partial charge in [-0.25, -0.2) is 0 Å². The summed E-state index contributed by atoms with van der Waals surface area (Å²) in [4.78, 5) is 17.6. The number of aliphatic hydroxyl groups excluding tert-OH is 4. The van der Waals surface area contributed by atoms with Crippen LogP contribution >= 0.6 is 23.2 Å². The van der Waals surface area contributed by atoms with Crippen molar-refractivity contribution in [2.45, 2.75) is 37.2 Å². The highest BCUT2D eigenvalue weighted by atomic mass is 35.5. The maximum atomic E-state index is 13.4. The number of rotatable bonds is 6. The second-order valence-electron chi connectivity index (χ2n) is 9.12. The summed E-state index contributed by atoms with van der Waals surface area (Å²) in [5.74, 6) is -0.585. The number of nitrogens with one attached hydrogen (secondary N) is 1. The van der Waals surface area contributed by atoms with Crippen LogP contribution in [0.25, 0.3) is 22.0 Å². The van der Waals surface area contributed by atoms with Crippen molar-refractivity contribution in [2.24, 2.45) is 0 Å². The molecular weight excluding hydrogens is 533 g/mol. The molecule has 5 atom stereocenters. The molecule has 4 aromatic rings. The molecule has 0 bridgehead atoms. The first kappa shape index (κ1) is 26.6. The van der Waals surface area contributed by atoms with Gasteiger partial charge in [0.15, 0.2) is 6.29 Å². The highest BCUT2D eigenvalue weighted by Gasteiger charge is 2.44. The van der Waals surface area contributed by atoms with E-state index in [9.17, 15) is 25.2 Å². The maximum absolute atomic E-state index is 13.4. The fraction of sp³-hybridized carbons (Fsp3) is 0.259. The van der Waals surface area contributed by atoms with E-state index in [-0.39, 0.29) is 5.56 Å². The van der Waals surface area contributed by atoms with Crippen LogP contribution in [0.15, 0.2) is 67.1 Å². The van der Waals surface area contributed by atoms with Crippen molar-refractivity contribution in [1.82, 2.24) is 14.9 Å². The summed E-state index contributed by atoms with van der Waals surface area (Å²) in [6, 6.07) is 13.4. The van der Waals surface area contributed by atoms with Gasteiger partial charge in [0.25, 0.3) is 5.91 Å². The summed E-state index contributed by atoms with van der Waals surface area (Å²) in [6.07, 6.45) is -0.741. The van der Waals surface area contributed by atoms with E-state index in [0.29, 0.717) is 22.0 Å². The van der Waals surface area contributed by atoms with E-state index in [2.05, 4.69) is 10.3 Å². The molecule has 3 heterocycles. The Bertz CT molecular complexity index is 1460. The Balaban J connectivity index is 1.52. The third kappa shape index (κ3) is 5.14. The van der Waals surface area contributed by atoms with Gasteiger partial charge in [-0.3, -0.25) is 9.78 Å². The number of carbonyl (C=O) groups is 1. The number of amides is 1. The lowest BCUT2D eigenvalue weighted by Gasteiger charge is -2.40. The number of hydrogen-bond donors (Lipinski definition) is 5. The smallest absolute Gasteiger partial charge is 0.253 e. The topological polar surface area (TPSA) is 137 Å². The van der Waals surface area contributed by atoms with Crippen LogP contribution in [0, 0.1) is 0 Å². The third-order valence-electron chi connectivity index (χ3n) is 6.66. The molecule has 1 amide bonds. The molecule has 9 nitrogen and oxygen atoms in total. The van der Waals surface area contributed by atoms with Crippen molar-refractivity contribution in [3.63, 3.8) is 0 Å². The largest absolute Gasteiger partial charge is 0.394 e. The Kier molecular flexibility index (Phi) is 7.69. The highest BCUT2D eigenvalue weighted by molar-refractivity contribution is 6.42. The normalized spacial score (nSPS) is 23.5. The summed E-state index contributed by atoms with van der Waals surface area (Å²) < 4.78 is 7.06. The standard InChI is InChI=1S/C27H25Cl2N3O6/c28-19-6-3-14(8-20(19)29)11-32-12-18(17-5-4-15(9-21(17)32)16-2-1-7-30-10-16)26(36)31-23-25(35)24(34)22(13-33)38-27(23)37/h1-10,12,22-25,27,33-35,37H,11,13H2,(H,31,36)/t22-,23-,24-,25-,27?/m1/s1. The van der Waals surface area contributed by atoms with E-state index in [1.165, 1.54) is 0 Å². The van der Waals surface area contributed by atoms with Crippen LogP contribution in [0.1, 0.15) is 15.9 Å². The summed E-state index contributed by atoms with van der Waals surface area (Å²) >= 11 is 12.3. The average Bonchev–Trinajstić information content (AvgIpc) is 3.28. The predicted octanol–water partition coefficient (Wildman–Crippen LogP) is 2.59. The number of halogens is 2. The first-order chi connectivity index (χ1) is 18.3. The summed E-state index contributed by atoms with van der Waals surface area (Å²) in [5.41, 5.74) is 3.70. The Morgan fingerprint density at radius 3 is 2.55 bits per heavy atom. The zero-order valence-corrected chi connectivity index (χ0v) is 21.4. The molecule has 1 fully saturated rings. The predicted molar refractivity (Wildman–Crippen MR) is 142 cm³/mol. The van der Waals surface area contributed by atoms with Gasteiger partial charge in [-0.1, -0.05) is 47.5 Å². The van der Waals surface area contributed by atoms with Crippen molar-refractivity contribution in [1.29, 1.82) is 0 Å². The number of ether oxygens (including phenoxy) is 1. The van der Waals surface area contributed by atoms with Gasteiger partial charge in [0.1, 0.15) is 24.4 Å². The molecule has 0 spiro atoms. The van der Waals surface area contributed by atoms with E-state index >= 15 is 0 Å². The van der Waals surface area contributed by atoms with E-state index in [1.807, 2.05) is 41.0 Å². The fourth-order valence-corrected chi connectivity index (χ4v) is 4.95. The van der Waals surface area contributed by atoms with Gasteiger partial charge >= 0.3 is 0 Å². The molecule has 38 heavy (non-hydrogen) atoms. The highest BCUT2D eigenvalue weighted by Crippen LogP contribution is 2.30. The van der Waals surface area contributed by atoms with Gasteiger partial charge < -0.3 is 35.0 Å². The molecule has 1 saturated heterocycles. The fourth-order valence-electron chi connectivity index (χ4n) is 4.63. The number of fused-ring (bicyclic) bond motifs is 1. The average molecular weight is 558 g/mol. The van der Waals surface area contributed by atoms with Crippen molar-refractivity contribution in [3.8, 4) is 11.1 Å². The van der Waals surface area contributed by atoms with Crippen LogP contribution in [-0.2, 0) is 11.3 Å². The van der Waals surface area contributed by atoms with Gasteiger partial charge in [0.2, 0.25) is 0 Å². The van der Waals surface area contributed by atoms with Crippen LogP contribution < -0.4 is 5.32 Å². The van der Waals surface area contributed by atoms with Crippen molar-refractivity contribution < 1.29 is 30.0 Å². The molecule has 1 aliphatic heterocycles. The molecule has 5 N–H and O–H groups in total. The van der Waals surface area contributed by atoms with E-state index in [1.54, 1.807) is 30.7 Å². The van der Waals surface area contributed by atoms with Gasteiger partial charge in [-0.2, -0.15) is 0 Å². The second kappa shape index (κ2) is 11.0. The van der Waals surface area contributed by atoms with E-state index in [0.717, 1.165) is 22.2 Å². The van der Waals surface area contributed by atoms with Crippen LogP contribution in [0.3, 0.4) is 0 Å². The number of pyridine rings is 1. The first-order valence-corrected chi connectivity index (χ1v) is 12.6. The molecule has 1 unspecified atom stereocenters. The van der Waals surface area contributed by atoms with Gasteiger partial charge in [0, 0.05) is 41.6 Å². The molecule has 0 saturated carbocycles. The minimum Gasteiger partial charge on any atom is -0.394 e. The van der Waals surface area contributed by atoms with Crippen LogP contribution in [0.4, 0.5) is 0 Å². The van der Waals surface area contributed by atoms with Crippen molar-refractivity contribution >= 4 is 40.0 Å². The molecule has 2 aromatic heterocycles. The molecular formula is C27H25Cl2N3O6. The van der Waals surface area contributed by atoms with Gasteiger partial charge in [-0.15, -0.1) is 0 Å². The quantitative estimate of drug-likeness (QED) is 0.245. The number of carbonyl (C=O) groups excluding carboxylic acids is 1. The summed E-state index contributed by atoms with van der Waals surface area (Å²) in [5, 5.41) is 44.4. The summed E-state index contributed by atoms with van der Waals surface area (Å²) in [6.45, 7) is -0.219. The van der Waals surface area contributed by atoms with Gasteiger partial charge in [0.05, 0.1) is 22.2 Å². The Morgan fingerprint density at radius 1 is 1.03 bits per heavy atom. The number of benzene rings is 2. The molecule has 0 aliphatic carbocycles. The number of aromatic nitrogens is 2. The maximum Gasteiger partial charge on any atom is 0.253 e. The monoisotopic (exact) mass is 557 g/mol. The molecule has 5 rings (SSSR count). The zero-order valence-electron chi connectivity index (χ0n) is 19.9. The van der Waals surface area contributed by atoms with Crippen LogP contribution in [0.5, 0.6) is 0 Å². The Labute approximate surface area is 227 Å². The first-order valence-electron chi connectivity index (χ1n) is 11.9. The van der Waals surface area contributed by atoms with Crippen molar-refractivity contribution in [2.75, 3.05) is 6.61 Å². The Hall–Kier alpha value is -3.02. The molecule has 198 valence electrons.